The van der Waals surface area contributed by atoms with Crippen molar-refractivity contribution >= 4 is 34.3 Å². The van der Waals surface area contributed by atoms with Gasteiger partial charge in [-0.25, -0.2) is 13.4 Å². The highest BCUT2D eigenvalue weighted by Gasteiger charge is 2.19. The standard InChI is InChI=1S/C15H14N2O4S2/c18-13(9-22)11-1-4-15(16-8-11)17-23(19,20)12-2-3-14-10(7-12)5-6-21-14/h1-4,7-8,22H,5-6,9H2,(H,16,17). The third-order valence-corrected chi connectivity index (χ3v) is 5.08. The number of sulfonamides is 1. The largest absolute Gasteiger partial charge is 0.493 e. The first kappa shape index (κ1) is 15.8. The summed E-state index contributed by atoms with van der Waals surface area (Å²) in [5.41, 5.74) is 1.26. The molecular weight excluding hydrogens is 336 g/mol. The molecule has 0 spiro atoms. The summed E-state index contributed by atoms with van der Waals surface area (Å²) in [6.07, 6.45) is 2.02. The normalized spacial score (nSPS) is 13.3. The Hall–Kier alpha value is -2.06. The van der Waals surface area contributed by atoms with Crippen LogP contribution < -0.4 is 9.46 Å². The van der Waals surface area contributed by atoms with E-state index in [0.717, 1.165) is 11.3 Å². The predicted molar refractivity (Wildman–Crippen MR) is 88.9 cm³/mol. The molecule has 3 rings (SSSR count). The molecule has 1 N–H and O–H groups in total. The maximum Gasteiger partial charge on any atom is 0.263 e. The average Bonchev–Trinajstić information content (AvgIpc) is 3.02. The van der Waals surface area contributed by atoms with E-state index in [1.54, 1.807) is 12.1 Å². The molecule has 0 unspecified atom stereocenters. The lowest BCUT2D eigenvalue weighted by atomic mass is 10.2. The third kappa shape index (κ3) is 3.32. The minimum absolute atomic E-state index is 0.0734. The molecule has 0 saturated carbocycles. The highest BCUT2D eigenvalue weighted by molar-refractivity contribution is 7.92. The third-order valence-electron chi connectivity index (χ3n) is 3.44. The van der Waals surface area contributed by atoms with E-state index in [9.17, 15) is 13.2 Å². The van der Waals surface area contributed by atoms with Crippen LogP contribution in [0.15, 0.2) is 41.4 Å². The lowest BCUT2D eigenvalue weighted by Crippen LogP contribution is -2.14. The van der Waals surface area contributed by atoms with E-state index in [0.29, 0.717) is 18.6 Å². The topological polar surface area (TPSA) is 85.4 Å². The molecule has 8 heteroatoms. The van der Waals surface area contributed by atoms with Crippen LogP contribution >= 0.6 is 12.6 Å². The predicted octanol–water partition coefficient (Wildman–Crippen LogP) is 1.93. The number of carbonyl (C=O) groups excluding carboxylic acids is 1. The van der Waals surface area contributed by atoms with Gasteiger partial charge in [0.05, 0.1) is 17.3 Å². The van der Waals surface area contributed by atoms with Gasteiger partial charge in [-0.05, 0) is 35.9 Å². The molecule has 2 aromatic rings. The van der Waals surface area contributed by atoms with Crippen LogP contribution in [0.25, 0.3) is 0 Å². The highest BCUT2D eigenvalue weighted by atomic mass is 32.2. The lowest BCUT2D eigenvalue weighted by molar-refractivity contribution is 0.102. The molecule has 0 radical (unpaired) electrons. The number of benzene rings is 1. The van der Waals surface area contributed by atoms with Crippen LogP contribution in [0.2, 0.25) is 0 Å². The van der Waals surface area contributed by atoms with E-state index < -0.39 is 10.0 Å². The van der Waals surface area contributed by atoms with Crippen LogP contribution in [0.1, 0.15) is 15.9 Å². The monoisotopic (exact) mass is 350 g/mol. The zero-order valence-electron chi connectivity index (χ0n) is 12.0. The van der Waals surface area contributed by atoms with Gasteiger partial charge in [0.25, 0.3) is 10.0 Å². The number of pyridine rings is 1. The van der Waals surface area contributed by atoms with Crippen LogP contribution in [-0.4, -0.2) is 31.5 Å². The molecule has 0 atom stereocenters. The maximum absolute atomic E-state index is 12.4. The van der Waals surface area contributed by atoms with Crippen molar-refractivity contribution < 1.29 is 17.9 Å². The molecule has 1 aliphatic rings. The zero-order chi connectivity index (χ0) is 16.4. The molecule has 0 aliphatic carbocycles. The lowest BCUT2D eigenvalue weighted by Gasteiger charge is -2.09. The van der Waals surface area contributed by atoms with Crippen molar-refractivity contribution in [2.45, 2.75) is 11.3 Å². The fourth-order valence-corrected chi connectivity index (χ4v) is 3.48. The van der Waals surface area contributed by atoms with Gasteiger partial charge in [-0.2, -0.15) is 12.6 Å². The molecule has 0 fully saturated rings. The number of anilines is 1. The minimum Gasteiger partial charge on any atom is -0.493 e. The summed E-state index contributed by atoms with van der Waals surface area (Å²) < 4.78 is 32.6. The minimum atomic E-state index is -3.74. The Bertz CT molecular complexity index is 848. The van der Waals surface area contributed by atoms with E-state index in [1.165, 1.54) is 24.4 Å². The number of fused-ring (bicyclic) bond motifs is 1. The molecule has 1 aromatic carbocycles. The molecule has 1 aromatic heterocycles. The van der Waals surface area contributed by atoms with Crippen molar-refractivity contribution in [2.75, 3.05) is 17.1 Å². The molecule has 2 heterocycles. The number of nitrogens with one attached hydrogen (secondary N) is 1. The van der Waals surface area contributed by atoms with Gasteiger partial charge in [0.15, 0.2) is 5.78 Å². The van der Waals surface area contributed by atoms with Gasteiger partial charge in [-0.1, -0.05) is 0 Å². The number of ether oxygens (including phenoxy) is 1. The summed E-state index contributed by atoms with van der Waals surface area (Å²) in [4.78, 5) is 15.6. The summed E-state index contributed by atoms with van der Waals surface area (Å²) in [5, 5.41) is 0. The van der Waals surface area contributed by atoms with Crippen LogP contribution in [0.4, 0.5) is 5.82 Å². The smallest absolute Gasteiger partial charge is 0.263 e. The molecular formula is C15H14N2O4S2. The quantitative estimate of drug-likeness (QED) is 0.636. The second-order valence-corrected chi connectivity index (χ2v) is 6.99. The van der Waals surface area contributed by atoms with Crippen molar-refractivity contribution in [3.63, 3.8) is 0 Å². The number of rotatable bonds is 5. The van der Waals surface area contributed by atoms with Crippen LogP contribution in [0, 0.1) is 0 Å². The first-order valence-electron chi connectivity index (χ1n) is 6.88. The molecule has 23 heavy (non-hydrogen) atoms. The van der Waals surface area contributed by atoms with E-state index in [-0.39, 0.29) is 22.2 Å². The van der Waals surface area contributed by atoms with Crippen molar-refractivity contribution in [2.24, 2.45) is 0 Å². The fraction of sp³-hybridized carbons (Fsp3) is 0.200. The van der Waals surface area contributed by atoms with Gasteiger partial charge in [0.2, 0.25) is 0 Å². The molecule has 6 nitrogen and oxygen atoms in total. The second-order valence-electron chi connectivity index (χ2n) is 4.99. The Balaban J connectivity index is 1.82. The Kier molecular flexibility index (Phi) is 4.27. The number of hydrogen-bond acceptors (Lipinski definition) is 6. The van der Waals surface area contributed by atoms with Gasteiger partial charge in [0.1, 0.15) is 11.6 Å². The molecule has 1 aliphatic heterocycles. The molecule has 0 amide bonds. The maximum atomic E-state index is 12.4. The van der Waals surface area contributed by atoms with Crippen LogP contribution in [-0.2, 0) is 16.4 Å². The summed E-state index contributed by atoms with van der Waals surface area (Å²) >= 11 is 3.90. The number of thiol groups is 1. The Morgan fingerprint density at radius 1 is 1.30 bits per heavy atom. The molecule has 0 bridgehead atoms. The van der Waals surface area contributed by atoms with Crippen molar-refractivity contribution in [3.05, 3.63) is 47.7 Å². The second kappa shape index (κ2) is 6.21. The first-order valence-corrected chi connectivity index (χ1v) is 9.00. The average molecular weight is 350 g/mol. The summed E-state index contributed by atoms with van der Waals surface area (Å²) in [6.45, 7) is 0.564. The number of nitrogens with zero attached hydrogens (tertiary/aromatic N) is 1. The molecule has 120 valence electrons. The summed E-state index contributed by atoms with van der Waals surface area (Å²) in [6, 6.07) is 7.71. The number of ketones is 1. The van der Waals surface area contributed by atoms with Crippen molar-refractivity contribution in [1.82, 2.24) is 4.98 Å². The Morgan fingerprint density at radius 3 is 2.83 bits per heavy atom. The Labute approximate surface area is 139 Å². The fourth-order valence-electron chi connectivity index (χ4n) is 2.24. The van der Waals surface area contributed by atoms with Crippen molar-refractivity contribution in [1.29, 1.82) is 0 Å². The van der Waals surface area contributed by atoms with Crippen LogP contribution in [0.5, 0.6) is 5.75 Å². The SMILES string of the molecule is O=C(CS)c1ccc(NS(=O)(=O)c2ccc3c(c2)CCO3)nc1. The number of hydrogen-bond donors (Lipinski definition) is 2. The molecule has 0 saturated heterocycles. The van der Waals surface area contributed by atoms with E-state index in [2.05, 4.69) is 22.3 Å². The number of aromatic nitrogens is 1. The van der Waals surface area contributed by atoms with Gasteiger partial charge in [-0.15, -0.1) is 0 Å². The van der Waals surface area contributed by atoms with Crippen LogP contribution in [0.3, 0.4) is 0 Å². The van der Waals surface area contributed by atoms with Gasteiger partial charge >= 0.3 is 0 Å². The summed E-state index contributed by atoms with van der Waals surface area (Å²) in [5.74, 6) is 0.771. The van der Waals surface area contributed by atoms with Gasteiger partial charge in [-0.3, -0.25) is 9.52 Å². The van der Waals surface area contributed by atoms with Gasteiger partial charge in [0, 0.05) is 18.2 Å². The highest BCUT2D eigenvalue weighted by Crippen LogP contribution is 2.28. The Morgan fingerprint density at radius 2 is 2.13 bits per heavy atom. The number of carbonyl (C=O) groups is 1. The van der Waals surface area contributed by atoms with E-state index in [4.69, 9.17) is 4.74 Å². The van der Waals surface area contributed by atoms with E-state index >= 15 is 0 Å². The van der Waals surface area contributed by atoms with Gasteiger partial charge < -0.3 is 4.74 Å². The number of Topliss-reactive ketones (excluding diaryl/α,β-unsaturated/α-hetero) is 1. The van der Waals surface area contributed by atoms with E-state index in [1.807, 2.05) is 0 Å². The first-order chi connectivity index (χ1) is 11.0. The van der Waals surface area contributed by atoms with Crippen molar-refractivity contribution in [3.8, 4) is 5.75 Å². The zero-order valence-corrected chi connectivity index (χ0v) is 13.7. The summed E-state index contributed by atoms with van der Waals surface area (Å²) in [7, 11) is -3.74.